The zero-order valence-electron chi connectivity index (χ0n) is 16.8. The molecular formula is C21H22BrN5O2S. The molecule has 1 atom stereocenters. The van der Waals surface area contributed by atoms with Gasteiger partial charge in [0.1, 0.15) is 0 Å². The number of carbonyl (C=O) groups is 2. The van der Waals surface area contributed by atoms with Crippen LogP contribution in [-0.2, 0) is 16.6 Å². The third-order valence-corrected chi connectivity index (χ3v) is 6.23. The van der Waals surface area contributed by atoms with Crippen molar-refractivity contribution in [3.8, 4) is 11.4 Å². The summed E-state index contributed by atoms with van der Waals surface area (Å²) in [6.07, 6.45) is 0.646. The number of hydrogen-bond acceptors (Lipinski definition) is 5. The number of carbonyl (C=O) groups excluding carboxylic acids is 2. The highest BCUT2D eigenvalue weighted by molar-refractivity contribution is 9.10. The first kappa shape index (κ1) is 22.0. The summed E-state index contributed by atoms with van der Waals surface area (Å²) < 4.78 is 2.81. The third kappa shape index (κ3) is 5.48. The Kier molecular flexibility index (Phi) is 7.28. The second kappa shape index (κ2) is 9.90. The van der Waals surface area contributed by atoms with Gasteiger partial charge in [0.15, 0.2) is 11.0 Å². The molecule has 0 radical (unpaired) electrons. The average Bonchev–Trinajstić information content (AvgIpc) is 3.07. The molecule has 0 bridgehead atoms. The van der Waals surface area contributed by atoms with E-state index in [0.717, 1.165) is 15.7 Å². The normalized spacial score (nSPS) is 11.7. The summed E-state index contributed by atoms with van der Waals surface area (Å²) in [5, 5.41) is 14.6. The molecule has 2 aromatic carbocycles. The van der Waals surface area contributed by atoms with E-state index in [1.165, 1.54) is 18.7 Å². The Hall–Kier alpha value is -2.65. The van der Waals surface area contributed by atoms with Gasteiger partial charge in [-0.05, 0) is 42.8 Å². The molecule has 0 aliphatic heterocycles. The Balaban J connectivity index is 1.75. The van der Waals surface area contributed by atoms with Crippen molar-refractivity contribution >= 4 is 50.9 Å². The molecule has 9 heteroatoms. The number of hydrogen-bond donors (Lipinski definition) is 2. The highest BCUT2D eigenvalue weighted by Gasteiger charge is 2.22. The lowest BCUT2D eigenvalue weighted by Gasteiger charge is -2.14. The maximum absolute atomic E-state index is 12.7. The van der Waals surface area contributed by atoms with Gasteiger partial charge in [0.05, 0.1) is 5.25 Å². The Bertz CT molecular complexity index is 1050. The highest BCUT2D eigenvalue weighted by Crippen LogP contribution is 2.29. The van der Waals surface area contributed by atoms with E-state index in [1.54, 1.807) is 0 Å². The average molecular weight is 488 g/mol. The first-order valence-corrected chi connectivity index (χ1v) is 11.0. The molecule has 156 valence electrons. The highest BCUT2D eigenvalue weighted by atomic mass is 79.9. The number of rotatable bonds is 7. The van der Waals surface area contributed by atoms with Gasteiger partial charge in [-0.3, -0.25) is 9.59 Å². The van der Waals surface area contributed by atoms with Gasteiger partial charge < -0.3 is 15.2 Å². The van der Waals surface area contributed by atoms with Crippen molar-refractivity contribution in [3.63, 3.8) is 0 Å². The molecule has 0 aliphatic rings. The largest absolute Gasteiger partial charge is 0.326 e. The first-order valence-electron chi connectivity index (χ1n) is 9.38. The van der Waals surface area contributed by atoms with Gasteiger partial charge in [-0.25, -0.2) is 0 Å². The van der Waals surface area contributed by atoms with Crippen LogP contribution < -0.4 is 10.6 Å². The lowest BCUT2D eigenvalue weighted by atomic mass is 10.2. The van der Waals surface area contributed by atoms with Crippen molar-refractivity contribution in [1.29, 1.82) is 0 Å². The van der Waals surface area contributed by atoms with E-state index < -0.39 is 0 Å². The smallest absolute Gasteiger partial charge is 0.237 e. The maximum atomic E-state index is 12.7. The van der Waals surface area contributed by atoms with E-state index >= 15 is 0 Å². The van der Waals surface area contributed by atoms with Crippen LogP contribution in [-0.4, -0.2) is 31.8 Å². The molecule has 0 spiro atoms. The Morgan fingerprint density at radius 1 is 1.10 bits per heavy atom. The number of nitrogens with zero attached hydrogens (tertiary/aromatic N) is 3. The van der Waals surface area contributed by atoms with Crippen molar-refractivity contribution in [2.24, 2.45) is 7.05 Å². The Morgan fingerprint density at radius 3 is 2.50 bits per heavy atom. The lowest BCUT2D eigenvalue weighted by Crippen LogP contribution is -2.25. The molecule has 1 aromatic heterocycles. The second-order valence-electron chi connectivity index (χ2n) is 6.64. The van der Waals surface area contributed by atoms with Crippen LogP contribution in [0.25, 0.3) is 11.4 Å². The first-order chi connectivity index (χ1) is 14.4. The van der Waals surface area contributed by atoms with Gasteiger partial charge in [-0.15, -0.1) is 10.2 Å². The summed E-state index contributed by atoms with van der Waals surface area (Å²) in [5.74, 6) is 0.443. The van der Waals surface area contributed by atoms with E-state index in [9.17, 15) is 9.59 Å². The Morgan fingerprint density at radius 2 is 1.83 bits per heavy atom. The Labute approximate surface area is 187 Å². The quantitative estimate of drug-likeness (QED) is 0.471. The van der Waals surface area contributed by atoms with Gasteiger partial charge in [0.25, 0.3) is 0 Å². The minimum Gasteiger partial charge on any atom is -0.326 e. The second-order valence-corrected chi connectivity index (χ2v) is 8.72. The van der Waals surface area contributed by atoms with E-state index in [4.69, 9.17) is 0 Å². The summed E-state index contributed by atoms with van der Waals surface area (Å²) in [7, 11) is 1.86. The van der Waals surface area contributed by atoms with E-state index in [1.807, 2.05) is 67.1 Å². The van der Waals surface area contributed by atoms with E-state index in [0.29, 0.717) is 23.1 Å². The summed E-state index contributed by atoms with van der Waals surface area (Å²) in [5.41, 5.74) is 2.27. The molecule has 3 rings (SSSR count). The zero-order valence-corrected chi connectivity index (χ0v) is 19.3. The summed E-state index contributed by atoms with van der Waals surface area (Å²) in [4.78, 5) is 24.0. The fourth-order valence-electron chi connectivity index (χ4n) is 2.81. The summed E-state index contributed by atoms with van der Waals surface area (Å²) >= 11 is 4.76. The molecule has 7 nitrogen and oxygen atoms in total. The predicted molar refractivity (Wildman–Crippen MR) is 123 cm³/mol. The van der Waals surface area contributed by atoms with Gasteiger partial charge in [0, 0.05) is 35.4 Å². The maximum Gasteiger partial charge on any atom is 0.237 e. The van der Waals surface area contributed by atoms with Crippen LogP contribution >= 0.6 is 27.7 Å². The van der Waals surface area contributed by atoms with Gasteiger partial charge in [0.2, 0.25) is 11.8 Å². The van der Waals surface area contributed by atoms with Crippen LogP contribution in [0.5, 0.6) is 0 Å². The van der Waals surface area contributed by atoms with E-state index in [2.05, 4.69) is 36.8 Å². The summed E-state index contributed by atoms with van der Waals surface area (Å²) in [6, 6.07) is 14.9. The fraction of sp³-hybridized carbons (Fsp3) is 0.238. The SMILES string of the molecule is CC[C@@H](Sc1nnc(-c2cccc(NC(C)=O)c2)n1C)C(=O)Nc1ccc(Br)cc1. The number of anilines is 2. The number of benzene rings is 2. The van der Waals surface area contributed by atoms with Crippen LogP contribution in [0.1, 0.15) is 20.3 Å². The number of thioether (sulfide) groups is 1. The zero-order chi connectivity index (χ0) is 21.7. The molecule has 0 fully saturated rings. The predicted octanol–water partition coefficient (Wildman–Crippen LogP) is 4.71. The van der Waals surface area contributed by atoms with Crippen LogP contribution in [0.2, 0.25) is 0 Å². The lowest BCUT2D eigenvalue weighted by molar-refractivity contribution is -0.116. The van der Waals surface area contributed by atoms with Gasteiger partial charge in [-0.1, -0.05) is 46.7 Å². The molecule has 3 aromatic rings. The molecule has 0 unspecified atom stereocenters. The van der Waals surface area contributed by atoms with Crippen LogP contribution in [0.4, 0.5) is 11.4 Å². The molecule has 30 heavy (non-hydrogen) atoms. The van der Waals surface area contributed by atoms with Crippen molar-refractivity contribution in [3.05, 3.63) is 53.0 Å². The van der Waals surface area contributed by atoms with Crippen molar-refractivity contribution in [2.75, 3.05) is 10.6 Å². The molecule has 2 amide bonds. The number of nitrogens with one attached hydrogen (secondary N) is 2. The number of halogens is 1. The van der Waals surface area contributed by atoms with Crippen molar-refractivity contribution in [1.82, 2.24) is 14.8 Å². The molecule has 0 saturated carbocycles. The number of amides is 2. The van der Waals surface area contributed by atoms with Crippen LogP contribution in [0, 0.1) is 0 Å². The monoisotopic (exact) mass is 487 g/mol. The third-order valence-electron chi connectivity index (χ3n) is 4.30. The minimum atomic E-state index is -0.310. The van der Waals surface area contributed by atoms with Crippen LogP contribution in [0.15, 0.2) is 58.2 Å². The van der Waals surface area contributed by atoms with Crippen LogP contribution in [0.3, 0.4) is 0 Å². The number of aromatic nitrogens is 3. The fourth-order valence-corrected chi connectivity index (χ4v) is 4.00. The molecule has 0 aliphatic carbocycles. The van der Waals surface area contributed by atoms with Gasteiger partial charge in [-0.2, -0.15) is 0 Å². The van der Waals surface area contributed by atoms with Gasteiger partial charge >= 0.3 is 0 Å². The molecule has 0 saturated heterocycles. The molecule has 2 N–H and O–H groups in total. The molecule has 1 heterocycles. The van der Waals surface area contributed by atoms with E-state index in [-0.39, 0.29) is 17.1 Å². The standard InChI is InChI=1S/C21H22BrN5O2S/c1-4-18(20(29)24-16-10-8-15(22)9-11-16)30-21-26-25-19(27(21)3)14-6-5-7-17(12-14)23-13(2)28/h5-12,18H,4H2,1-3H3,(H,23,28)(H,24,29)/t18-/m1/s1. The summed E-state index contributed by atoms with van der Waals surface area (Å²) in [6.45, 7) is 3.43. The topological polar surface area (TPSA) is 88.9 Å². The van der Waals surface area contributed by atoms with Crippen molar-refractivity contribution in [2.45, 2.75) is 30.7 Å². The minimum absolute atomic E-state index is 0.0815. The van der Waals surface area contributed by atoms with Crippen molar-refractivity contribution < 1.29 is 9.59 Å². The molecular weight excluding hydrogens is 466 g/mol.